The van der Waals surface area contributed by atoms with E-state index < -0.39 is 145 Å². The lowest BCUT2D eigenvalue weighted by molar-refractivity contribution is -0.0180. The zero-order valence-corrected chi connectivity index (χ0v) is 73.5. The number of aliphatic hydroxyl groups is 8. The highest BCUT2D eigenvalue weighted by Crippen LogP contribution is 2.49. The van der Waals surface area contributed by atoms with Crippen molar-refractivity contribution in [3.63, 3.8) is 0 Å². The molecule has 20 rings (SSSR count). The number of pyridine rings is 2. The maximum absolute atomic E-state index is 15.0. The average Bonchev–Trinajstić information content (AvgIpc) is 1.74. The van der Waals surface area contributed by atoms with Gasteiger partial charge in [0.15, 0.2) is 11.6 Å². The lowest BCUT2D eigenvalue weighted by atomic mass is 9.82. The van der Waals surface area contributed by atoms with Crippen LogP contribution in [0.3, 0.4) is 0 Å². The normalized spacial score (nSPS) is 26.2. The van der Waals surface area contributed by atoms with E-state index in [1.54, 1.807) is 42.3 Å². The Morgan fingerprint density at radius 1 is 0.405 bits per heavy atom. The summed E-state index contributed by atoms with van der Waals surface area (Å²) in [5.74, 6) is -2.47. The Kier molecular flexibility index (Phi) is 26.6. The van der Waals surface area contributed by atoms with Crippen LogP contribution in [0.25, 0.3) is 44.1 Å². The fourth-order valence-corrected chi connectivity index (χ4v) is 20.1. The predicted molar refractivity (Wildman–Crippen MR) is 461 cm³/mol. The molecule has 8 aliphatic rings. The number of aryl methyl sites for hydroxylation is 4. The second-order valence-electron chi connectivity index (χ2n) is 35.4. The van der Waals surface area contributed by atoms with Gasteiger partial charge >= 0.3 is 0 Å². The van der Waals surface area contributed by atoms with Gasteiger partial charge in [-0.05, 0) is 172 Å². The minimum Gasteiger partial charge on any atom is -0.487 e. The molecule has 6 aliphatic carbocycles. The predicted octanol–water partition coefficient (Wildman–Crippen LogP) is 12.0. The number of ether oxygens (including phenoxy) is 6. The molecule has 0 bridgehead atoms. The van der Waals surface area contributed by atoms with Crippen molar-refractivity contribution in [1.29, 1.82) is 0 Å². The number of alkyl halides is 4. The Balaban J connectivity index is 0.000000122. The molecule has 0 unspecified atom stereocenters. The molecule has 12 heterocycles. The summed E-state index contributed by atoms with van der Waals surface area (Å²) in [4.78, 5) is 42.7. The zero-order valence-electron chi connectivity index (χ0n) is 73.5. The number of hydrogen-bond acceptors (Lipinski definition) is 26. The number of benzene rings is 2. The Morgan fingerprint density at radius 2 is 0.725 bits per heavy atom. The molecule has 0 amide bonds. The standard InChI is InChI=1S/2C24H26F3N3O3.C23H28FN5O4.C22H26FN5O4/c2*1-11-4-3-5-14-17(8-15(23(26)27)20(25)19(11)14)33-18-9-16(21(31)22(18)32)30-7-6-13-12(2)28-10-29-24(13)30;1-11(2)32-23-18(24)14-4-6-25-9-15(14)22(28-23)33-17-8-16(19(30)20(17)31)29-7-5-13-12(3)26-10-27-21(13)29;1-3-31-22-17(23)13-4-6-24-9-14(13)21(27-22)32-16-8-15(18(29)19(16)30)28-7-5-12-11(2)25-10-26-20(12)28/h2*6-8,10-11,16,18,21-23,31-32H,3-5,9H2,1-2H3;5,7,10-11,16-17,19-20,25,30-31H,4,6,8-9H2,1-3H3;5,7,10,15-16,18-19,24,29-30H,3-4,6,8-9H2,1-2H3/t11-,16+,18-,21-,22+;11-,16-,18+,21+,22-;16-,17+,19+,20-;15-,16+,18+,19-/m0111/s1. The molecule has 18 atom stereocenters. The molecule has 4 fully saturated rings. The second-order valence-corrected chi connectivity index (χ2v) is 35.4. The van der Waals surface area contributed by atoms with Gasteiger partial charge in [0.1, 0.15) is 144 Å². The van der Waals surface area contributed by atoms with E-state index in [1.807, 2.05) is 87.3 Å². The highest BCUT2D eigenvalue weighted by atomic mass is 19.3. The molecule has 10 N–H and O–H groups in total. The minimum atomic E-state index is -2.98. The van der Waals surface area contributed by atoms with Crippen molar-refractivity contribution in [2.24, 2.45) is 0 Å². The molecule has 12 aromatic rings. The quantitative estimate of drug-likeness (QED) is 0.0357. The molecular weight excluding hydrogens is 1720 g/mol. The first-order chi connectivity index (χ1) is 62.9. The number of hydrogen-bond donors (Lipinski definition) is 10. The summed E-state index contributed by atoms with van der Waals surface area (Å²) >= 11 is 0. The number of nitrogens with one attached hydrogen (secondary N) is 2. The van der Waals surface area contributed by atoms with Gasteiger partial charge in [0.25, 0.3) is 24.6 Å². The van der Waals surface area contributed by atoms with Crippen molar-refractivity contribution >= 4 is 44.1 Å². The van der Waals surface area contributed by atoms with Crippen LogP contribution in [0.4, 0.5) is 35.1 Å². The molecule has 2 aromatic carbocycles. The van der Waals surface area contributed by atoms with Crippen LogP contribution in [0.5, 0.6) is 35.0 Å². The highest BCUT2D eigenvalue weighted by Gasteiger charge is 2.50. The van der Waals surface area contributed by atoms with Crippen LogP contribution in [0.1, 0.15) is 213 Å². The van der Waals surface area contributed by atoms with Crippen LogP contribution in [0.2, 0.25) is 0 Å². The van der Waals surface area contributed by atoms with Gasteiger partial charge in [-0.2, -0.15) is 9.97 Å². The number of nitrogens with zero attached hydrogens (tertiary/aromatic N) is 14. The van der Waals surface area contributed by atoms with Gasteiger partial charge in [-0.15, -0.1) is 0 Å². The van der Waals surface area contributed by atoms with Crippen LogP contribution >= 0.6 is 0 Å². The van der Waals surface area contributed by atoms with E-state index in [9.17, 15) is 71.6 Å². The van der Waals surface area contributed by atoms with Gasteiger partial charge in [-0.1, -0.05) is 13.8 Å². The minimum absolute atomic E-state index is 0.101. The van der Waals surface area contributed by atoms with Crippen LogP contribution in [0, 0.1) is 51.0 Å². The SMILES string of the molecule is CCOc1nc(O[C@H]2C[C@@H](n3ccc4c(C)ncnc43)[C@H](O)[C@@H]2O)c2c(c1F)CCNC2.Cc1ncnc2c1ccn2[C@@H]1C[C@H](Oc2cc(C(F)F)c(F)c3c2CCC[C@@H]3C)[C@@H](O)[C@H]1O.Cc1ncnc2c1ccn2[C@@H]1C[C@H](Oc2cc(C(F)F)c(F)c3c2CCC[C@H]3C)[C@@H](O)[C@H]1O.Cc1ncnc2c1ccn2[C@@H]1C[C@H](Oc2nc(OC(C)C)c(F)c3c2CNCC3)[C@@H](O)[C@H]1O. The molecule has 698 valence electrons. The van der Waals surface area contributed by atoms with E-state index in [1.165, 1.54) is 25.3 Å². The number of fused-ring (bicyclic) bond motifs is 8. The van der Waals surface area contributed by atoms with Gasteiger partial charge in [0.05, 0.1) is 70.8 Å². The van der Waals surface area contributed by atoms with Crippen LogP contribution < -0.4 is 39.1 Å². The van der Waals surface area contributed by atoms with Crippen LogP contribution in [0.15, 0.2) is 86.5 Å². The molecule has 10 aromatic heterocycles. The van der Waals surface area contributed by atoms with E-state index in [-0.39, 0.29) is 83.5 Å². The maximum Gasteiger partial charge on any atom is 0.266 e. The lowest BCUT2D eigenvalue weighted by Crippen LogP contribution is -2.35. The fraction of sp³-hybridized carbons (Fsp3) is 0.505. The third-order valence-corrected chi connectivity index (χ3v) is 27.0. The Bertz CT molecular complexity index is 6020. The van der Waals surface area contributed by atoms with Crippen molar-refractivity contribution in [2.75, 3.05) is 19.7 Å². The Hall–Kier alpha value is -10.9. The first kappa shape index (κ1) is 91.9. The molecule has 0 saturated heterocycles. The Labute approximate surface area is 747 Å². The third kappa shape index (κ3) is 17.4. The Morgan fingerprint density at radius 3 is 1.05 bits per heavy atom. The summed E-state index contributed by atoms with van der Waals surface area (Å²) in [6.07, 6.45) is 0.696. The molecule has 38 heteroatoms. The molecule has 30 nitrogen and oxygen atoms in total. The zero-order chi connectivity index (χ0) is 92.6. The van der Waals surface area contributed by atoms with E-state index in [4.69, 9.17) is 28.4 Å². The smallest absolute Gasteiger partial charge is 0.266 e. The lowest BCUT2D eigenvalue weighted by Gasteiger charge is -2.28. The number of halogens is 8. The molecule has 0 spiro atoms. The number of rotatable bonds is 18. The molecule has 4 saturated carbocycles. The molecule has 131 heavy (non-hydrogen) atoms. The fourth-order valence-electron chi connectivity index (χ4n) is 20.1. The summed E-state index contributed by atoms with van der Waals surface area (Å²) in [7, 11) is 0. The van der Waals surface area contributed by atoms with Crippen LogP contribution in [-0.4, -0.2) is 208 Å². The summed E-state index contributed by atoms with van der Waals surface area (Å²) in [5, 5.41) is 96.3. The van der Waals surface area contributed by atoms with Gasteiger partial charge in [-0.3, -0.25) is 0 Å². The second kappa shape index (κ2) is 38.0. The summed E-state index contributed by atoms with van der Waals surface area (Å²) in [6, 6.07) is 7.68. The number of aromatic nitrogens is 14. The summed E-state index contributed by atoms with van der Waals surface area (Å²) < 4.78 is 157. The van der Waals surface area contributed by atoms with Crippen molar-refractivity contribution in [3.05, 3.63) is 188 Å². The van der Waals surface area contributed by atoms with Gasteiger partial charge in [0, 0.05) is 118 Å². The average molecular weight is 1820 g/mol. The molecule has 0 radical (unpaired) electrons. The number of aliphatic hydroxyl groups excluding tert-OH is 8. The third-order valence-electron chi connectivity index (χ3n) is 27.0. The van der Waals surface area contributed by atoms with Crippen molar-refractivity contribution < 1.29 is 104 Å². The topological polar surface area (TPSA) is 390 Å². The van der Waals surface area contributed by atoms with E-state index in [2.05, 4.69) is 60.5 Å². The van der Waals surface area contributed by atoms with Crippen LogP contribution in [-0.2, 0) is 38.8 Å². The first-order valence-electron chi connectivity index (χ1n) is 44.5. The van der Waals surface area contributed by atoms with E-state index in [0.717, 1.165) is 69.3 Å². The summed E-state index contributed by atoms with van der Waals surface area (Å²) in [6.45, 7) is 18.9. The van der Waals surface area contributed by atoms with Crippen molar-refractivity contribution in [3.8, 4) is 35.0 Å². The van der Waals surface area contributed by atoms with E-state index >= 15 is 4.39 Å². The highest BCUT2D eigenvalue weighted by molar-refractivity contribution is 5.81. The maximum atomic E-state index is 15.0. The monoisotopic (exact) mass is 1820 g/mol. The van der Waals surface area contributed by atoms with Gasteiger partial charge in [-0.25, -0.2) is 75.0 Å². The van der Waals surface area contributed by atoms with Gasteiger partial charge < -0.3 is 98.2 Å². The summed E-state index contributed by atoms with van der Waals surface area (Å²) in [5.41, 5.74) is 8.53. The molecule has 2 aliphatic heterocycles. The first-order valence-corrected chi connectivity index (χ1v) is 44.5. The molecular formula is C93H106F8N16O14. The van der Waals surface area contributed by atoms with E-state index in [0.29, 0.717) is 134 Å². The van der Waals surface area contributed by atoms with Crippen molar-refractivity contribution in [2.45, 2.75) is 281 Å². The van der Waals surface area contributed by atoms with Gasteiger partial charge in [0.2, 0.25) is 11.8 Å². The van der Waals surface area contributed by atoms with Crippen molar-refractivity contribution in [1.82, 2.24) is 78.7 Å². The largest absolute Gasteiger partial charge is 0.487 e.